The molecule has 17 heavy (non-hydrogen) atoms. The molecule has 0 spiro atoms. The summed E-state index contributed by atoms with van der Waals surface area (Å²) in [7, 11) is -0.170. The molecule has 102 valence electrons. The van der Waals surface area contributed by atoms with E-state index in [0.717, 1.165) is 0 Å². The van der Waals surface area contributed by atoms with E-state index in [1.165, 1.54) is 4.90 Å². The van der Waals surface area contributed by atoms with E-state index >= 15 is 0 Å². The van der Waals surface area contributed by atoms with Crippen LogP contribution in [0.4, 0.5) is 0 Å². The second-order valence-electron chi connectivity index (χ2n) is 5.13. The van der Waals surface area contributed by atoms with E-state index < -0.39 is 21.3 Å². The highest BCUT2D eigenvalue weighted by Crippen LogP contribution is 2.09. The summed E-state index contributed by atoms with van der Waals surface area (Å²) in [4.78, 5) is 13.3. The molecule has 1 N–H and O–H groups in total. The third-order valence-corrected chi connectivity index (χ3v) is 4.23. The van der Waals surface area contributed by atoms with Gasteiger partial charge in [-0.15, -0.1) is 0 Å². The summed E-state index contributed by atoms with van der Waals surface area (Å²) in [6.07, 6.45) is 0.503. The SMILES string of the molecule is CC(C)CC(NS(=O)(=O)C(C)C)C(=O)N(C)C. The number of nitrogens with one attached hydrogen (secondary N) is 1. The third kappa shape index (κ3) is 5.50. The summed E-state index contributed by atoms with van der Waals surface area (Å²) < 4.78 is 26.0. The van der Waals surface area contributed by atoms with Gasteiger partial charge in [0.1, 0.15) is 6.04 Å². The molecule has 0 rings (SSSR count). The standard InChI is InChI=1S/C11H24N2O3S/c1-8(2)7-10(11(14)13(5)6)12-17(15,16)9(3)4/h8-10,12H,7H2,1-6H3. The van der Waals surface area contributed by atoms with Gasteiger partial charge in [-0.2, -0.15) is 0 Å². The van der Waals surface area contributed by atoms with Gasteiger partial charge in [0.25, 0.3) is 0 Å². The van der Waals surface area contributed by atoms with Gasteiger partial charge in [-0.05, 0) is 26.2 Å². The van der Waals surface area contributed by atoms with Crippen LogP contribution < -0.4 is 4.72 Å². The topological polar surface area (TPSA) is 66.5 Å². The van der Waals surface area contributed by atoms with Crippen molar-refractivity contribution in [2.45, 2.75) is 45.4 Å². The van der Waals surface area contributed by atoms with Crippen LogP contribution in [0.15, 0.2) is 0 Å². The van der Waals surface area contributed by atoms with E-state index in [4.69, 9.17) is 0 Å². The quantitative estimate of drug-likeness (QED) is 0.772. The number of likely N-dealkylation sites (N-methyl/N-ethyl adjacent to an activating group) is 1. The minimum Gasteiger partial charge on any atom is -0.347 e. The molecule has 1 unspecified atom stereocenters. The summed E-state index contributed by atoms with van der Waals surface area (Å²) in [6.45, 7) is 7.10. The smallest absolute Gasteiger partial charge is 0.240 e. The van der Waals surface area contributed by atoms with Crippen molar-refractivity contribution in [3.05, 3.63) is 0 Å². The normalized spacial score (nSPS) is 14.1. The van der Waals surface area contributed by atoms with Crippen LogP contribution in [0.5, 0.6) is 0 Å². The van der Waals surface area contributed by atoms with Crippen LogP contribution in [-0.4, -0.2) is 44.6 Å². The van der Waals surface area contributed by atoms with Crippen molar-refractivity contribution in [2.24, 2.45) is 5.92 Å². The first-order chi connectivity index (χ1) is 7.58. The molecule has 0 saturated heterocycles. The van der Waals surface area contributed by atoms with Crippen LogP contribution in [0.3, 0.4) is 0 Å². The molecule has 6 heteroatoms. The van der Waals surface area contributed by atoms with Gasteiger partial charge >= 0.3 is 0 Å². The molecule has 1 atom stereocenters. The van der Waals surface area contributed by atoms with Crippen LogP contribution in [-0.2, 0) is 14.8 Å². The van der Waals surface area contributed by atoms with E-state index in [1.54, 1.807) is 27.9 Å². The van der Waals surface area contributed by atoms with E-state index in [-0.39, 0.29) is 11.8 Å². The molecule has 0 aliphatic carbocycles. The molecule has 0 bridgehead atoms. The highest BCUT2D eigenvalue weighted by Gasteiger charge is 2.27. The Balaban J connectivity index is 4.90. The lowest BCUT2D eigenvalue weighted by Crippen LogP contribution is -2.48. The molecule has 0 radical (unpaired) electrons. The van der Waals surface area contributed by atoms with Crippen LogP contribution in [0.1, 0.15) is 34.1 Å². The Morgan fingerprint density at radius 1 is 1.18 bits per heavy atom. The number of carbonyl (C=O) groups is 1. The zero-order chi connectivity index (χ0) is 13.8. The van der Waals surface area contributed by atoms with Crippen molar-refractivity contribution in [1.82, 2.24) is 9.62 Å². The summed E-state index contributed by atoms with van der Waals surface area (Å²) >= 11 is 0. The number of hydrogen-bond donors (Lipinski definition) is 1. The maximum absolute atomic E-state index is 11.9. The summed E-state index contributed by atoms with van der Waals surface area (Å²) in [5.74, 6) is 0.0432. The maximum Gasteiger partial charge on any atom is 0.240 e. The van der Waals surface area contributed by atoms with Crippen molar-refractivity contribution in [2.75, 3.05) is 14.1 Å². The molecular weight excluding hydrogens is 240 g/mol. The number of carbonyl (C=O) groups excluding carboxylic acids is 1. The average molecular weight is 264 g/mol. The van der Waals surface area contributed by atoms with Crippen LogP contribution in [0.2, 0.25) is 0 Å². The number of amides is 1. The van der Waals surface area contributed by atoms with E-state index in [0.29, 0.717) is 6.42 Å². The minimum absolute atomic E-state index is 0.206. The van der Waals surface area contributed by atoms with Gasteiger partial charge in [-0.25, -0.2) is 13.1 Å². The summed E-state index contributed by atoms with van der Waals surface area (Å²) in [5.41, 5.74) is 0. The Morgan fingerprint density at radius 3 is 1.94 bits per heavy atom. The van der Waals surface area contributed by atoms with Gasteiger partial charge in [-0.3, -0.25) is 4.79 Å². The average Bonchev–Trinajstić information content (AvgIpc) is 2.13. The lowest BCUT2D eigenvalue weighted by atomic mass is 10.0. The molecule has 0 fully saturated rings. The first kappa shape index (κ1) is 16.4. The first-order valence-electron chi connectivity index (χ1n) is 5.80. The number of nitrogens with zero attached hydrogens (tertiary/aromatic N) is 1. The second-order valence-corrected chi connectivity index (χ2v) is 7.39. The monoisotopic (exact) mass is 264 g/mol. The fourth-order valence-electron chi connectivity index (χ4n) is 1.32. The van der Waals surface area contributed by atoms with Crippen LogP contribution in [0.25, 0.3) is 0 Å². The lowest BCUT2D eigenvalue weighted by molar-refractivity contribution is -0.130. The highest BCUT2D eigenvalue weighted by molar-refractivity contribution is 7.90. The molecular formula is C11H24N2O3S. The van der Waals surface area contributed by atoms with Gasteiger partial charge in [0.15, 0.2) is 0 Å². The number of rotatable bonds is 6. The van der Waals surface area contributed by atoms with Gasteiger partial charge < -0.3 is 4.90 Å². The Kier molecular flexibility index (Phi) is 6.12. The molecule has 0 heterocycles. The van der Waals surface area contributed by atoms with Gasteiger partial charge in [0.2, 0.25) is 15.9 Å². The molecule has 0 aromatic rings. The Morgan fingerprint density at radius 2 is 1.65 bits per heavy atom. The van der Waals surface area contributed by atoms with E-state index in [2.05, 4.69) is 4.72 Å². The van der Waals surface area contributed by atoms with E-state index in [1.807, 2.05) is 13.8 Å². The molecule has 0 aliphatic rings. The Labute approximate surface area is 105 Å². The van der Waals surface area contributed by atoms with Gasteiger partial charge in [-0.1, -0.05) is 13.8 Å². The summed E-state index contributed by atoms with van der Waals surface area (Å²) in [6, 6.07) is -0.669. The molecule has 0 aromatic carbocycles. The lowest BCUT2D eigenvalue weighted by Gasteiger charge is -2.24. The van der Waals surface area contributed by atoms with Crippen molar-refractivity contribution in [1.29, 1.82) is 0 Å². The first-order valence-corrected chi connectivity index (χ1v) is 7.34. The molecule has 0 aliphatic heterocycles. The van der Waals surface area contributed by atoms with Crippen molar-refractivity contribution in [3.63, 3.8) is 0 Å². The zero-order valence-electron chi connectivity index (χ0n) is 11.5. The molecule has 1 amide bonds. The van der Waals surface area contributed by atoms with Gasteiger partial charge in [0.05, 0.1) is 5.25 Å². The zero-order valence-corrected chi connectivity index (χ0v) is 12.3. The highest BCUT2D eigenvalue weighted by atomic mass is 32.2. The van der Waals surface area contributed by atoms with Crippen molar-refractivity contribution in [3.8, 4) is 0 Å². The Hall–Kier alpha value is -0.620. The maximum atomic E-state index is 11.9. The minimum atomic E-state index is -3.42. The third-order valence-electron chi connectivity index (χ3n) is 2.37. The fourth-order valence-corrected chi connectivity index (χ4v) is 2.18. The van der Waals surface area contributed by atoms with E-state index in [9.17, 15) is 13.2 Å². The van der Waals surface area contributed by atoms with Crippen LogP contribution >= 0.6 is 0 Å². The molecule has 0 aromatic heterocycles. The second kappa shape index (κ2) is 6.35. The predicted octanol–water partition coefficient (Wildman–Crippen LogP) is 0.817. The van der Waals surface area contributed by atoms with Gasteiger partial charge in [0, 0.05) is 14.1 Å². The van der Waals surface area contributed by atoms with Crippen molar-refractivity contribution >= 4 is 15.9 Å². The fraction of sp³-hybridized carbons (Fsp3) is 0.909. The molecule has 0 saturated carbocycles. The number of hydrogen-bond acceptors (Lipinski definition) is 3. The largest absolute Gasteiger partial charge is 0.347 e. The van der Waals surface area contributed by atoms with Crippen molar-refractivity contribution < 1.29 is 13.2 Å². The predicted molar refractivity (Wildman–Crippen MR) is 69.1 cm³/mol. The Bertz CT molecular complexity index is 348. The number of sulfonamides is 1. The molecule has 5 nitrogen and oxygen atoms in total. The summed E-state index contributed by atoms with van der Waals surface area (Å²) in [5, 5.41) is -0.535. The van der Waals surface area contributed by atoms with Crippen LogP contribution in [0, 0.1) is 5.92 Å².